The summed E-state index contributed by atoms with van der Waals surface area (Å²) in [6.07, 6.45) is 4.87. The van der Waals surface area contributed by atoms with Gasteiger partial charge in [0, 0.05) is 5.70 Å². The molecule has 0 atom stereocenters. The maximum atomic E-state index is 6.03. The maximum Gasteiger partial charge on any atom is 0.0378 e. The molecule has 0 unspecified atom stereocenters. The molecule has 0 aromatic carbocycles. The minimum absolute atomic E-state index is 0.478. The number of rotatable bonds is 4. The van der Waals surface area contributed by atoms with E-state index in [0.717, 1.165) is 17.7 Å². The minimum atomic E-state index is 0.478. The van der Waals surface area contributed by atoms with E-state index >= 15 is 0 Å². The molecule has 0 aliphatic heterocycles. The molecule has 0 rings (SSSR count). The molecule has 0 radical (unpaired) electrons. The fourth-order valence-corrected chi connectivity index (χ4v) is 1.43. The van der Waals surface area contributed by atoms with E-state index in [1.54, 1.807) is 0 Å². The first-order chi connectivity index (χ1) is 6.08. The first-order valence-corrected chi connectivity index (χ1v) is 4.86. The zero-order chi connectivity index (χ0) is 10.4. The molecule has 0 amide bonds. The van der Waals surface area contributed by atoms with Gasteiger partial charge in [0.25, 0.3) is 0 Å². The molecule has 0 fully saturated rings. The molecular weight excluding hydrogens is 158 g/mol. The Morgan fingerprint density at radius 3 is 2.23 bits per heavy atom. The topological polar surface area (TPSA) is 26.0 Å². The van der Waals surface area contributed by atoms with E-state index in [0.29, 0.717) is 5.92 Å². The summed E-state index contributed by atoms with van der Waals surface area (Å²) in [4.78, 5) is 0. The Bertz CT molecular complexity index is 232. The average Bonchev–Trinajstić information content (AvgIpc) is 2.07. The van der Waals surface area contributed by atoms with E-state index in [1.165, 1.54) is 5.57 Å². The van der Waals surface area contributed by atoms with Crippen LogP contribution in [-0.4, -0.2) is 0 Å². The van der Waals surface area contributed by atoms with Crippen molar-refractivity contribution in [1.82, 2.24) is 0 Å². The maximum absolute atomic E-state index is 6.03. The Kier molecular flexibility index (Phi) is 5.20. The summed E-state index contributed by atoms with van der Waals surface area (Å²) in [7, 11) is 0. The Balaban J connectivity index is 5.02. The van der Waals surface area contributed by atoms with Gasteiger partial charge in [0.2, 0.25) is 0 Å². The van der Waals surface area contributed by atoms with Crippen LogP contribution in [0.1, 0.15) is 34.1 Å². The highest BCUT2D eigenvalue weighted by Crippen LogP contribution is 2.20. The third kappa shape index (κ3) is 3.10. The standard InChI is InChI=1S/C12H21N/c1-6-10(7-2)12(13)11(8-3)9(4)5/h6,8-9H,1,7,13H2,2-5H3/b11-8-,12-10+. The van der Waals surface area contributed by atoms with Crippen LogP contribution < -0.4 is 5.73 Å². The fraction of sp³-hybridized carbons (Fsp3) is 0.500. The number of nitrogens with two attached hydrogens (primary N) is 1. The van der Waals surface area contributed by atoms with Gasteiger partial charge in [-0.3, -0.25) is 0 Å². The third-order valence-corrected chi connectivity index (χ3v) is 2.22. The minimum Gasteiger partial charge on any atom is -0.398 e. The van der Waals surface area contributed by atoms with Crippen molar-refractivity contribution in [2.45, 2.75) is 34.1 Å². The van der Waals surface area contributed by atoms with Crippen LogP contribution in [0.2, 0.25) is 0 Å². The van der Waals surface area contributed by atoms with Gasteiger partial charge in [0.15, 0.2) is 0 Å². The lowest BCUT2D eigenvalue weighted by molar-refractivity contribution is 0.768. The second kappa shape index (κ2) is 5.63. The second-order valence-electron chi connectivity index (χ2n) is 3.40. The predicted octanol–water partition coefficient (Wildman–Crippen LogP) is 3.40. The largest absolute Gasteiger partial charge is 0.398 e. The van der Waals surface area contributed by atoms with Gasteiger partial charge in [-0.1, -0.05) is 39.5 Å². The van der Waals surface area contributed by atoms with Gasteiger partial charge >= 0.3 is 0 Å². The number of allylic oxidation sites excluding steroid dienone is 4. The molecule has 0 saturated carbocycles. The van der Waals surface area contributed by atoms with Crippen LogP contribution in [0.5, 0.6) is 0 Å². The molecule has 0 heterocycles. The van der Waals surface area contributed by atoms with Crippen LogP contribution in [0.3, 0.4) is 0 Å². The quantitative estimate of drug-likeness (QED) is 0.658. The Morgan fingerprint density at radius 1 is 1.46 bits per heavy atom. The van der Waals surface area contributed by atoms with Crippen molar-refractivity contribution >= 4 is 0 Å². The lowest BCUT2D eigenvalue weighted by atomic mass is 9.96. The molecule has 74 valence electrons. The van der Waals surface area contributed by atoms with E-state index in [2.05, 4.69) is 33.4 Å². The van der Waals surface area contributed by atoms with Crippen molar-refractivity contribution < 1.29 is 0 Å². The second-order valence-corrected chi connectivity index (χ2v) is 3.40. The van der Waals surface area contributed by atoms with Crippen LogP contribution in [0.15, 0.2) is 35.6 Å². The number of hydrogen-bond donors (Lipinski definition) is 1. The molecule has 0 aliphatic rings. The molecular formula is C12H21N. The van der Waals surface area contributed by atoms with Crippen molar-refractivity contribution in [2.24, 2.45) is 11.7 Å². The van der Waals surface area contributed by atoms with Gasteiger partial charge in [-0.05, 0) is 30.4 Å². The molecule has 0 spiro atoms. The number of hydrogen-bond acceptors (Lipinski definition) is 1. The van der Waals surface area contributed by atoms with Crippen LogP contribution in [0.4, 0.5) is 0 Å². The summed E-state index contributed by atoms with van der Waals surface area (Å²) in [6.45, 7) is 12.2. The average molecular weight is 179 g/mol. The van der Waals surface area contributed by atoms with Gasteiger partial charge < -0.3 is 5.73 Å². The Morgan fingerprint density at radius 2 is 2.00 bits per heavy atom. The highest BCUT2D eigenvalue weighted by molar-refractivity contribution is 5.37. The van der Waals surface area contributed by atoms with Crippen LogP contribution in [0.25, 0.3) is 0 Å². The van der Waals surface area contributed by atoms with Crippen molar-refractivity contribution in [1.29, 1.82) is 0 Å². The van der Waals surface area contributed by atoms with Gasteiger partial charge in [-0.15, -0.1) is 0 Å². The Hall–Kier alpha value is -0.980. The molecule has 0 aliphatic carbocycles. The molecule has 0 aromatic rings. The van der Waals surface area contributed by atoms with Crippen molar-refractivity contribution in [3.05, 3.63) is 35.6 Å². The first-order valence-electron chi connectivity index (χ1n) is 4.86. The fourth-order valence-electron chi connectivity index (χ4n) is 1.43. The molecule has 0 saturated heterocycles. The van der Waals surface area contributed by atoms with Gasteiger partial charge in [-0.25, -0.2) is 0 Å². The van der Waals surface area contributed by atoms with E-state index in [4.69, 9.17) is 5.73 Å². The van der Waals surface area contributed by atoms with Crippen LogP contribution in [0, 0.1) is 5.92 Å². The molecule has 13 heavy (non-hydrogen) atoms. The van der Waals surface area contributed by atoms with E-state index in [1.807, 2.05) is 13.0 Å². The van der Waals surface area contributed by atoms with E-state index < -0.39 is 0 Å². The van der Waals surface area contributed by atoms with Gasteiger partial charge in [-0.2, -0.15) is 0 Å². The van der Waals surface area contributed by atoms with Crippen LogP contribution >= 0.6 is 0 Å². The summed E-state index contributed by atoms with van der Waals surface area (Å²) in [6, 6.07) is 0. The van der Waals surface area contributed by atoms with Crippen molar-refractivity contribution in [3.8, 4) is 0 Å². The van der Waals surface area contributed by atoms with Gasteiger partial charge in [0.05, 0.1) is 0 Å². The van der Waals surface area contributed by atoms with Crippen molar-refractivity contribution in [2.75, 3.05) is 0 Å². The Labute approximate surface area is 82.0 Å². The molecule has 1 nitrogen and oxygen atoms in total. The van der Waals surface area contributed by atoms with Gasteiger partial charge in [0.1, 0.15) is 0 Å². The molecule has 2 N–H and O–H groups in total. The summed E-state index contributed by atoms with van der Waals surface area (Å²) in [5, 5.41) is 0. The smallest absolute Gasteiger partial charge is 0.0378 e. The summed E-state index contributed by atoms with van der Waals surface area (Å²) >= 11 is 0. The molecule has 1 heteroatoms. The lowest BCUT2D eigenvalue weighted by Crippen LogP contribution is -2.09. The van der Waals surface area contributed by atoms with E-state index in [9.17, 15) is 0 Å². The van der Waals surface area contributed by atoms with Crippen molar-refractivity contribution in [3.63, 3.8) is 0 Å². The zero-order valence-corrected chi connectivity index (χ0v) is 9.22. The highest BCUT2D eigenvalue weighted by Gasteiger charge is 2.07. The van der Waals surface area contributed by atoms with E-state index in [-0.39, 0.29) is 0 Å². The molecule has 0 bridgehead atoms. The highest BCUT2D eigenvalue weighted by atomic mass is 14.6. The lowest BCUT2D eigenvalue weighted by Gasteiger charge is -2.14. The SMILES string of the molecule is C=C/C(CC)=C(N)/C(=C\C)C(C)C. The summed E-state index contributed by atoms with van der Waals surface area (Å²) in [5.41, 5.74) is 9.29. The third-order valence-electron chi connectivity index (χ3n) is 2.22. The predicted molar refractivity (Wildman–Crippen MR) is 60.3 cm³/mol. The van der Waals surface area contributed by atoms with Crippen LogP contribution in [-0.2, 0) is 0 Å². The normalized spacial score (nSPS) is 14.4. The summed E-state index contributed by atoms with van der Waals surface area (Å²) in [5.74, 6) is 0.478. The zero-order valence-electron chi connectivity index (χ0n) is 9.22. The monoisotopic (exact) mass is 179 g/mol. The first kappa shape index (κ1) is 12.0. The molecule has 0 aromatic heterocycles. The summed E-state index contributed by atoms with van der Waals surface area (Å²) < 4.78 is 0.